The van der Waals surface area contributed by atoms with Gasteiger partial charge in [0.1, 0.15) is 0 Å². The Morgan fingerprint density at radius 2 is 2.40 bits per heavy atom. The molecule has 0 radical (unpaired) electrons. The first-order valence-electron chi connectivity index (χ1n) is 4.63. The minimum Gasteiger partial charge on any atom is -0.353 e. The predicted molar refractivity (Wildman–Crippen MR) is 58.9 cm³/mol. The SMILES string of the molecule is CC(=O)NCC=Cc1cccc(C#N)c1. The van der Waals surface area contributed by atoms with E-state index in [1.165, 1.54) is 6.92 Å². The van der Waals surface area contributed by atoms with Crippen LogP contribution in [0.5, 0.6) is 0 Å². The predicted octanol–water partition coefficient (Wildman–Crippen LogP) is 1.71. The monoisotopic (exact) mass is 200 g/mol. The summed E-state index contributed by atoms with van der Waals surface area (Å²) in [6.45, 7) is 1.98. The number of carbonyl (C=O) groups is 1. The van der Waals surface area contributed by atoms with E-state index in [1.54, 1.807) is 12.1 Å². The molecule has 3 heteroatoms. The number of amides is 1. The fourth-order valence-electron chi connectivity index (χ4n) is 1.11. The molecule has 1 rings (SSSR count). The van der Waals surface area contributed by atoms with Gasteiger partial charge in [-0.05, 0) is 17.7 Å². The van der Waals surface area contributed by atoms with Crippen molar-refractivity contribution in [2.75, 3.05) is 6.54 Å². The molecule has 0 aromatic heterocycles. The first-order chi connectivity index (χ1) is 7.22. The fraction of sp³-hybridized carbons (Fsp3) is 0.167. The van der Waals surface area contributed by atoms with Gasteiger partial charge in [-0.25, -0.2) is 0 Å². The Bertz CT molecular complexity index is 416. The lowest BCUT2D eigenvalue weighted by atomic mass is 10.1. The Hall–Kier alpha value is -2.08. The topological polar surface area (TPSA) is 52.9 Å². The summed E-state index contributed by atoms with van der Waals surface area (Å²) < 4.78 is 0. The number of carbonyl (C=O) groups excluding carboxylic acids is 1. The van der Waals surface area contributed by atoms with E-state index in [4.69, 9.17) is 5.26 Å². The lowest BCUT2D eigenvalue weighted by Gasteiger charge is -1.96. The molecule has 0 spiro atoms. The van der Waals surface area contributed by atoms with Crippen LogP contribution in [-0.4, -0.2) is 12.5 Å². The highest BCUT2D eigenvalue weighted by atomic mass is 16.1. The van der Waals surface area contributed by atoms with Gasteiger partial charge < -0.3 is 5.32 Å². The van der Waals surface area contributed by atoms with Crippen molar-refractivity contribution in [1.29, 1.82) is 5.26 Å². The minimum atomic E-state index is -0.0505. The molecule has 0 unspecified atom stereocenters. The molecule has 0 fully saturated rings. The van der Waals surface area contributed by atoms with E-state index in [1.807, 2.05) is 24.3 Å². The van der Waals surface area contributed by atoms with Gasteiger partial charge in [-0.1, -0.05) is 24.3 Å². The van der Waals surface area contributed by atoms with Crippen molar-refractivity contribution in [2.45, 2.75) is 6.92 Å². The number of nitrogens with one attached hydrogen (secondary N) is 1. The van der Waals surface area contributed by atoms with E-state index in [-0.39, 0.29) is 5.91 Å². The highest BCUT2D eigenvalue weighted by Gasteiger charge is 1.90. The Kier molecular flexibility index (Phi) is 4.11. The number of hydrogen-bond donors (Lipinski definition) is 1. The zero-order chi connectivity index (χ0) is 11.1. The third-order valence-corrected chi connectivity index (χ3v) is 1.79. The largest absolute Gasteiger partial charge is 0.353 e. The van der Waals surface area contributed by atoms with E-state index in [0.29, 0.717) is 12.1 Å². The maximum Gasteiger partial charge on any atom is 0.217 e. The van der Waals surface area contributed by atoms with Crippen LogP contribution in [0.4, 0.5) is 0 Å². The summed E-state index contributed by atoms with van der Waals surface area (Å²) in [6.07, 6.45) is 3.72. The molecule has 0 bridgehead atoms. The van der Waals surface area contributed by atoms with Gasteiger partial charge in [-0.2, -0.15) is 5.26 Å². The molecule has 0 atom stereocenters. The van der Waals surface area contributed by atoms with Crippen LogP contribution in [-0.2, 0) is 4.79 Å². The summed E-state index contributed by atoms with van der Waals surface area (Å²) in [5.41, 5.74) is 1.59. The van der Waals surface area contributed by atoms with Gasteiger partial charge in [0.15, 0.2) is 0 Å². The van der Waals surface area contributed by atoms with Crippen LogP contribution < -0.4 is 5.32 Å². The normalized spacial score (nSPS) is 9.87. The maximum atomic E-state index is 10.6. The van der Waals surface area contributed by atoms with Crippen molar-refractivity contribution >= 4 is 12.0 Å². The second kappa shape index (κ2) is 5.61. The molecular formula is C12H12N2O. The lowest BCUT2D eigenvalue weighted by molar-refractivity contribution is -0.118. The van der Waals surface area contributed by atoms with Gasteiger partial charge in [0.25, 0.3) is 0 Å². The molecule has 0 saturated carbocycles. The van der Waals surface area contributed by atoms with Gasteiger partial charge >= 0.3 is 0 Å². The molecule has 1 amide bonds. The molecule has 1 aromatic carbocycles. The molecule has 0 aliphatic heterocycles. The molecule has 0 heterocycles. The second-order valence-electron chi connectivity index (χ2n) is 3.08. The van der Waals surface area contributed by atoms with E-state index >= 15 is 0 Å². The minimum absolute atomic E-state index is 0.0505. The molecule has 15 heavy (non-hydrogen) atoms. The molecular weight excluding hydrogens is 188 g/mol. The number of nitrogens with zero attached hydrogens (tertiary/aromatic N) is 1. The summed E-state index contributed by atoms with van der Waals surface area (Å²) in [7, 11) is 0. The highest BCUT2D eigenvalue weighted by molar-refractivity contribution is 5.73. The fourth-order valence-corrected chi connectivity index (χ4v) is 1.11. The van der Waals surface area contributed by atoms with E-state index < -0.39 is 0 Å². The quantitative estimate of drug-likeness (QED) is 0.807. The van der Waals surface area contributed by atoms with Crippen molar-refractivity contribution in [3.8, 4) is 6.07 Å². The van der Waals surface area contributed by atoms with Gasteiger partial charge in [-0.15, -0.1) is 0 Å². The lowest BCUT2D eigenvalue weighted by Crippen LogP contribution is -2.19. The van der Waals surface area contributed by atoms with E-state index in [2.05, 4.69) is 11.4 Å². The van der Waals surface area contributed by atoms with Crippen molar-refractivity contribution in [3.05, 3.63) is 41.5 Å². The van der Waals surface area contributed by atoms with Crippen molar-refractivity contribution in [3.63, 3.8) is 0 Å². The number of nitriles is 1. The highest BCUT2D eigenvalue weighted by Crippen LogP contribution is 2.05. The standard InChI is InChI=1S/C12H12N2O/c1-10(15)14-7-3-6-11-4-2-5-12(8-11)9-13/h2-6,8H,7H2,1H3,(H,14,15). The average molecular weight is 200 g/mol. The van der Waals surface area contributed by atoms with Crippen molar-refractivity contribution in [1.82, 2.24) is 5.32 Å². The molecule has 3 nitrogen and oxygen atoms in total. The molecule has 1 N–H and O–H groups in total. The van der Waals surface area contributed by atoms with Crippen molar-refractivity contribution in [2.24, 2.45) is 0 Å². The summed E-state index contributed by atoms with van der Waals surface area (Å²) >= 11 is 0. The summed E-state index contributed by atoms with van der Waals surface area (Å²) in [6, 6.07) is 9.36. The average Bonchev–Trinajstić information content (AvgIpc) is 2.24. The van der Waals surface area contributed by atoms with Crippen LogP contribution in [0.2, 0.25) is 0 Å². The van der Waals surface area contributed by atoms with Crippen LogP contribution in [0.3, 0.4) is 0 Å². The van der Waals surface area contributed by atoms with Crippen LogP contribution in [0.25, 0.3) is 6.08 Å². The first kappa shape index (κ1) is 11.0. The van der Waals surface area contributed by atoms with E-state index in [0.717, 1.165) is 5.56 Å². The van der Waals surface area contributed by atoms with Crippen LogP contribution >= 0.6 is 0 Å². The summed E-state index contributed by atoms with van der Waals surface area (Å²) in [4.78, 5) is 10.6. The smallest absolute Gasteiger partial charge is 0.217 e. The molecule has 1 aromatic rings. The van der Waals surface area contributed by atoms with Gasteiger partial charge in [-0.3, -0.25) is 4.79 Å². The summed E-state index contributed by atoms with van der Waals surface area (Å²) in [5.74, 6) is -0.0505. The van der Waals surface area contributed by atoms with E-state index in [9.17, 15) is 4.79 Å². The molecule has 0 aliphatic rings. The Morgan fingerprint density at radius 3 is 3.07 bits per heavy atom. The Balaban J connectivity index is 2.57. The van der Waals surface area contributed by atoms with Gasteiger partial charge in [0, 0.05) is 13.5 Å². The zero-order valence-electron chi connectivity index (χ0n) is 8.53. The number of hydrogen-bond acceptors (Lipinski definition) is 2. The second-order valence-corrected chi connectivity index (χ2v) is 3.08. The zero-order valence-corrected chi connectivity index (χ0v) is 8.53. The third-order valence-electron chi connectivity index (χ3n) is 1.79. The van der Waals surface area contributed by atoms with Gasteiger partial charge in [0.05, 0.1) is 11.6 Å². The maximum absolute atomic E-state index is 10.6. The molecule has 76 valence electrons. The van der Waals surface area contributed by atoms with Crippen LogP contribution in [0, 0.1) is 11.3 Å². The number of rotatable bonds is 3. The van der Waals surface area contributed by atoms with Crippen molar-refractivity contribution < 1.29 is 4.79 Å². The van der Waals surface area contributed by atoms with Gasteiger partial charge in [0.2, 0.25) is 5.91 Å². The number of benzene rings is 1. The third kappa shape index (κ3) is 4.10. The van der Waals surface area contributed by atoms with Crippen LogP contribution in [0.15, 0.2) is 30.3 Å². The molecule has 0 aliphatic carbocycles. The van der Waals surface area contributed by atoms with Crippen LogP contribution in [0.1, 0.15) is 18.1 Å². The molecule has 0 saturated heterocycles. The Morgan fingerprint density at radius 1 is 1.60 bits per heavy atom. The Labute approximate surface area is 89.0 Å². The first-order valence-corrected chi connectivity index (χ1v) is 4.63. The summed E-state index contributed by atoms with van der Waals surface area (Å²) in [5, 5.41) is 11.3.